The van der Waals surface area contributed by atoms with Crippen LogP contribution in [-0.4, -0.2) is 48.3 Å². The average molecular weight is 438 g/mol. The Bertz CT molecular complexity index is 890. The molecule has 2 aromatic carbocycles. The van der Waals surface area contributed by atoms with Gasteiger partial charge in [0.1, 0.15) is 5.75 Å². The van der Waals surface area contributed by atoms with Gasteiger partial charge in [-0.25, -0.2) is 0 Å². The largest absolute Gasteiger partial charge is 0.491 e. The highest BCUT2D eigenvalue weighted by molar-refractivity contribution is 5.94. The number of piperidine rings is 1. The van der Waals surface area contributed by atoms with E-state index >= 15 is 0 Å². The van der Waals surface area contributed by atoms with E-state index in [4.69, 9.17) is 14.2 Å². The van der Waals surface area contributed by atoms with Gasteiger partial charge >= 0.3 is 0 Å². The number of benzene rings is 2. The molecule has 0 N–H and O–H groups in total. The summed E-state index contributed by atoms with van der Waals surface area (Å²) in [4.78, 5) is 15.1. The van der Waals surface area contributed by atoms with E-state index in [1.165, 1.54) is 5.56 Å². The smallest absolute Gasteiger partial charge is 0.253 e. The molecule has 2 aliphatic heterocycles. The van der Waals surface area contributed by atoms with Crippen molar-refractivity contribution < 1.29 is 19.0 Å². The molecule has 2 aromatic rings. The molecule has 2 atom stereocenters. The van der Waals surface area contributed by atoms with Gasteiger partial charge in [-0.15, -0.1) is 0 Å². The van der Waals surface area contributed by atoms with E-state index < -0.39 is 0 Å². The number of ether oxygens (including phenoxy) is 3. The summed E-state index contributed by atoms with van der Waals surface area (Å²) in [5.41, 5.74) is 1.65. The zero-order valence-corrected chi connectivity index (χ0v) is 19.5. The third-order valence-electron chi connectivity index (χ3n) is 6.46. The van der Waals surface area contributed by atoms with Crippen molar-refractivity contribution in [1.82, 2.24) is 4.90 Å². The maximum atomic E-state index is 13.2. The van der Waals surface area contributed by atoms with Crippen LogP contribution in [0.3, 0.4) is 0 Å². The fourth-order valence-corrected chi connectivity index (χ4v) is 4.97. The SMILES string of the molecule is CCOC1CC(c2ccccc2)OC2(CCN(C(=O)c3cccc(OC(C)C)c3)CC2)C1. The van der Waals surface area contributed by atoms with Crippen LogP contribution >= 0.6 is 0 Å². The van der Waals surface area contributed by atoms with Gasteiger partial charge in [-0.3, -0.25) is 4.79 Å². The van der Waals surface area contributed by atoms with Crippen molar-refractivity contribution in [3.8, 4) is 5.75 Å². The molecule has 0 aromatic heterocycles. The van der Waals surface area contributed by atoms with Gasteiger partial charge in [0.2, 0.25) is 0 Å². The van der Waals surface area contributed by atoms with Gasteiger partial charge in [0.15, 0.2) is 0 Å². The van der Waals surface area contributed by atoms with Gasteiger partial charge in [-0.1, -0.05) is 36.4 Å². The lowest BCUT2D eigenvalue weighted by Gasteiger charge is -2.48. The predicted molar refractivity (Wildman–Crippen MR) is 125 cm³/mol. The Kier molecular flexibility index (Phi) is 7.17. The van der Waals surface area contributed by atoms with Gasteiger partial charge in [0.25, 0.3) is 5.91 Å². The number of rotatable bonds is 6. The van der Waals surface area contributed by atoms with E-state index in [-0.39, 0.29) is 29.8 Å². The molecule has 2 fully saturated rings. The molecule has 2 heterocycles. The van der Waals surface area contributed by atoms with Crippen LogP contribution in [0.4, 0.5) is 0 Å². The van der Waals surface area contributed by atoms with Crippen molar-refractivity contribution in [3.63, 3.8) is 0 Å². The summed E-state index contributed by atoms with van der Waals surface area (Å²) in [5, 5.41) is 0. The Morgan fingerprint density at radius 3 is 2.56 bits per heavy atom. The van der Waals surface area contributed by atoms with Crippen molar-refractivity contribution in [3.05, 3.63) is 65.7 Å². The lowest BCUT2D eigenvalue weighted by molar-refractivity contribution is -0.190. The Balaban J connectivity index is 1.44. The Morgan fingerprint density at radius 1 is 1.12 bits per heavy atom. The van der Waals surface area contributed by atoms with Crippen LogP contribution in [0.25, 0.3) is 0 Å². The first-order valence-corrected chi connectivity index (χ1v) is 11.9. The molecule has 5 nitrogen and oxygen atoms in total. The van der Waals surface area contributed by atoms with Crippen LogP contribution < -0.4 is 4.74 Å². The number of amides is 1. The Labute approximate surface area is 191 Å². The summed E-state index contributed by atoms with van der Waals surface area (Å²) >= 11 is 0. The zero-order valence-electron chi connectivity index (χ0n) is 19.5. The molecule has 2 saturated heterocycles. The van der Waals surface area contributed by atoms with E-state index in [0.717, 1.165) is 31.4 Å². The molecule has 32 heavy (non-hydrogen) atoms. The molecule has 5 heteroatoms. The summed E-state index contributed by atoms with van der Waals surface area (Å²) < 4.78 is 18.6. The minimum absolute atomic E-state index is 0.0358. The number of carbonyl (C=O) groups excluding carboxylic acids is 1. The molecule has 0 saturated carbocycles. The van der Waals surface area contributed by atoms with Crippen LogP contribution in [0.5, 0.6) is 5.75 Å². The third kappa shape index (κ3) is 5.33. The van der Waals surface area contributed by atoms with Gasteiger partial charge in [-0.2, -0.15) is 0 Å². The van der Waals surface area contributed by atoms with E-state index in [2.05, 4.69) is 31.2 Å². The zero-order chi connectivity index (χ0) is 22.6. The number of hydrogen-bond acceptors (Lipinski definition) is 4. The van der Waals surface area contributed by atoms with Gasteiger partial charge in [0.05, 0.1) is 23.9 Å². The normalized spacial score (nSPS) is 22.8. The first kappa shape index (κ1) is 22.8. The fraction of sp³-hybridized carbons (Fsp3) is 0.519. The van der Waals surface area contributed by atoms with E-state index in [1.54, 1.807) is 0 Å². The summed E-state index contributed by atoms with van der Waals surface area (Å²) in [6.07, 6.45) is 3.73. The molecule has 0 bridgehead atoms. The van der Waals surface area contributed by atoms with Crippen molar-refractivity contribution in [1.29, 1.82) is 0 Å². The Morgan fingerprint density at radius 2 is 1.88 bits per heavy atom. The van der Waals surface area contributed by atoms with Crippen LogP contribution in [0.15, 0.2) is 54.6 Å². The summed E-state index contributed by atoms with van der Waals surface area (Å²) in [6, 6.07) is 17.9. The molecule has 2 aliphatic rings. The van der Waals surface area contributed by atoms with Crippen LogP contribution in [-0.2, 0) is 9.47 Å². The molecule has 1 spiro atoms. The average Bonchev–Trinajstić information content (AvgIpc) is 2.79. The second-order valence-electron chi connectivity index (χ2n) is 9.20. The molecule has 0 radical (unpaired) electrons. The minimum Gasteiger partial charge on any atom is -0.491 e. The maximum Gasteiger partial charge on any atom is 0.253 e. The number of nitrogens with zero attached hydrogens (tertiary/aromatic N) is 1. The molecule has 172 valence electrons. The highest BCUT2D eigenvalue weighted by Gasteiger charge is 2.45. The van der Waals surface area contributed by atoms with Gasteiger partial charge in [0, 0.05) is 38.1 Å². The fourth-order valence-electron chi connectivity index (χ4n) is 4.97. The molecule has 2 unspecified atom stereocenters. The van der Waals surface area contributed by atoms with Crippen LogP contribution in [0.1, 0.15) is 68.5 Å². The second-order valence-corrected chi connectivity index (χ2v) is 9.20. The quantitative estimate of drug-likeness (QED) is 0.607. The molecular formula is C27H35NO4. The second kappa shape index (κ2) is 10.1. The summed E-state index contributed by atoms with van der Waals surface area (Å²) in [5.74, 6) is 0.797. The third-order valence-corrected chi connectivity index (χ3v) is 6.46. The van der Waals surface area contributed by atoms with Crippen molar-refractivity contribution >= 4 is 5.91 Å². The highest BCUT2D eigenvalue weighted by atomic mass is 16.5. The maximum absolute atomic E-state index is 13.2. The summed E-state index contributed by atoms with van der Waals surface area (Å²) in [7, 11) is 0. The van der Waals surface area contributed by atoms with E-state index in [0.29, 0.717) is 25.3 Å². The highest BCUT2D eigenvalue weighted by Crippen LogP contribution is 2.44. The van der Waals surface area contributed by atoms with Crippen molar-refractivity contribution in [2.45, 2.75) is 70.4 Å². The van der Waals surface area contributed by atoms with Crippen LogP contribution in [0, 0.1) is 0 Å². The molecule has 4 rings (SSSR count). The van der Waals surface area contributed by atoms with Crippen molar-refractivity contribution in [2.75, 3.05) is 19.7 Å². The molecular weight excluding hydrogens is 402 g/mol. The van der Waals surface area contributed by atoms with E-state index in [1.807, 2.05) is 49.1 Å². The number of carbonyl (C=O) groups is 1. The molecule has 0 aliphatic carbocycles. The van der Waals surface area contributed by atoms with E-state index in [9.17, 15) is 4.79 Å². The lowest BCUT2D eigenvalue weighted by Crippen LogP contribution is -2.52. The topological polar surface area (TPSA) is 48.0 Å². The number of likely N-dealkylation sites (tertiary alicyclic amines) is 1. The minimum atomic E-state index is -0.238. The van der Waals surface area contributed by atoms with Gasteiger partial charge < -0.3 is 19.1 Å². The first-order valence-electron chi connectivity index (χ1n) is 11.9. The monoisotopic (exact) mass is 437 g/mol. The Hall–Kier alpha value is -2.37. The lowest BCUT2D eigenvalue weighted by atomic mass is 9.80. The molecule has 1 amide bonds. The van der Waals surface area contributed by atoms with Crippen LogP contribution in [0.2, 0.25) is 0 Å². The standard InChI is InChI=1S/C27H35NO4/c1-4-30-24-18-25(21-9-6-5-7-10-21)32-27(19-24)13-15-28(16-14-27)26(29)22-11-8-12-23(17-22)31-20(2)3/h5-12,17,20,24-25H,4,13-16,18-19H2,1-3H3. The van der Waals surface area contributed by atoms with Gasteiger partial charge in [-0.05, 0) is 57.4 Å². The summed E-state index contributed by atoms with van der Waals surface area (Å²) in [6.45, 7) is 8.12. The van der Waals surface area contributed by atoms with Crippen molar-refractivity contribution in [2.24, 2.45) is 0 Å². The predicted octanol–water partition coefficient (Wildman–Crippen LogP) is 5.41. The first-order chi connectivity index (χ1) is 15.5. The number of hydrogen-bond donors (Lipinski definition) is 0.